The quantitative estimate of drug-likeness (QED) is 0.470. The van der Waals surface area contributed by atoms with Gasteiger partial charge in [0.15, 0.2) is 17.8 Å². The highest BCUT2D eigenvalue weighted by Gasteiger charge is 2.43. The summed E-state index contributed by atoms with van der Waals surface area (Å²) in [5.41, 5.74) is 4.41. The Labute approximate surface area is 195 Å². The van der Waals surface area contributed by atoms with Crippen molar-refractivity contribution < 1.29 is 28.6 Å². The average Bonchev–Trinajstić information content (AvgIpc) is 3.34. The predicted octanol–water partition coefficient (Wildman–Crippen LogP) is 3.16. The summed E-state index contributed by atoms with van der Waals surface area (Å²) < 4.78 is 10.5. The van der Waals surface area contributed by atoms with Crippen LogP contribution in [0.5, 0.6) is 0 Å². The molecule has 5 rings (SSSR count). The van der Waals surface area contributed by atoms with E-state index in [0.29, 0.717) is 13.0 Å². The van der Waals surface area contributed by atoms with Gasteiger partial charge in [0, 0.05) is 18.4 Å². The highest BCUT2D eigenvalue weighted by Crippen LogP contribution is 2.44. The summed E-state index contributed by atoms with van der Waals surface area (Å²) in [5, 5.41) is 14.4. The number of amides is 2. The predicted molar refractivity (Wildman–Crippen MR) is 120 cm³/mol. The van der Waals surface area contributed by atoms with Crippen LogP contribution >= 0.6 is 0 Å². The van der Waals surface area contributed by atoms with E-state index >= 15 is 0 Å². The molecule has 1 saturated carbocycles. The van der Waals surface area contributed by atoms with Gasteiger partial charge in [0.25, 0.3) is 0 Å². The minimum absolute atomic E-state index is 0.00847. The second-order valence-electron chi connectivity index (χ2n) is 8.46. The van der Waals surface area contributed by atoms with E-state index in [4.69, 9.17) is 14.3 Å². The van der Waals surface area contributed by atoms with E-state index in [2.05, 4.69) is 39.9 Å². The molecule has 3 aromatic rings. The molecule has 2 amide bonds. The number of carbonyl (C=O) groups is 3. The first-order valence-corrected chi connectivity index (χ1v) is 11.0. The number of rotatable bonds is 8. The molecule has 34 heavy (non-hydrogen) atoms. The zero-order valence-corrected chi connectivity index (χ0v) is 18.2. The third-order valence-corrected chi connectivity index (χ3v) is 6.38. The van der Waals surface area contributed by atoms with Crippen LogP contribution in [0.4, 0.5) is 4.79 Å². The van der Waals surface area contributed by atoms with Crippen molar-refractivity contribution in [2.24, 2.45) is 11.8 Å². The Morgan fingerprint density at radius 1 is 1.03 bits per heavy atom. The number of carboxylic acids is 1. The molecule has 3 N–H and O–H groups in total. The van der Waals surface area contributed by atoms with Crippen LogP contribution in [0.25, 0.3) is 11.1 Å². The molecule has 2 aliphatic carbocycles. The van der Waals surface area contributed by atoms with E-state index in [1.807, 2.05) is 24.3 Å². The van der Waals surface area contributed by atoms with E-state index in [9.17, 15) is 14.4 Å². The van der Waals surface area contributed by atoms with Crippen molar-refractivity contribution in [1.29, 1.82) is 0 Å². The fraction of sp³-hybridized carbons (Fsp3) is 0.280. The summed E-state index contributed by atoms with van der Waals surface area (Å²) in [7, 11) is 0. The molecule has 174 valence electrons. The number of aromatic carboxylic acids is 1. The molecule has 0 unspecified atom stereocenters. The summed E-state index contributed by atoms with van der Waals surface area (Å²) in [6.45, 7) is 0.512. The van der Waals surface area contributed by atoms with Crippen molar-refractivity contribution in [3.63, 3.8) is 0 Å². The fourth-order valence-corrected chi connectivity index (χ4v) is 4.53. The molecule has 1 heterocycles. The number of aromatic nitrogens is 1. The number of oxazole rings is 1. The maximum atomic E-state index is 12.3. The molecule has 0 aliphatic heterocycles. The smallest absolute Gasteiger partial charge is 0.407 e. The molecule has 1 aromatic heterocycles. The normalized spacial score (nSPS) is 18.0. The van der Waals surface area contributed by atoms with Crippen molar-refractivity contribution in [2.75, 3.05) is 13.2 Å². The maximum absolute atomic E-state index is 12.3. The van der Waals surface area contributed by atoms with Crippen molar-refractivity contribution >= 4 is 18.0 Å². The number of carbonyl (C=O) groups excluding carboxylic acids is 2. The molecule has 2 atom stereocenters. The van der Waals surface area contributed by atoms with Gasteiger partial charge < -0.3 is 24.9 Å². The minimum atomic E-state index is -1.21. The lowest BCUT2D eigenvalue weighted by atomic mass is 9.98. The maximum Gasteiger partial charge on any atom is 0.407 e. The Morgan fingerprint density at radius 2 is 1.71 bits per heavy atom. The summed E-state index contributed by atoms with van der Waals surface area (Å²) in [4.78, 5) is 39.3. The molecule has 9 heteroatoms. The van der Waals surface area contributed by atoms with Crippen LogP contribution < -0.4 is 10.6 Å². The third kappa shape index (κ3) is 4.24. The number of fused-ring (bicyclic) bond motifs is 3. The van der Waals surface area contributed by atoms with Gasteiger partial charge in [-0.25, -0.2) is 14.6 Å². The molecule has 0 bridgehead atoms. The van der Waals surface area contributed by atoms with Crippen LogP contribution in [0.2, 0.25) is 0 Å². The summed E-state index contributed by atoms with van der Waals surface area (Å²) >= 11 is 0. The highest BCUT2D eigenvalue weighted by molar-refractivity contribution is 5.87. The first-order valence-electron chi connectivity index (χ1n) is 11.0. The summed E-state index contributed by atoms with van der Waals surface area (Å²) in [6, 6.07) is 16.3. The molecule has 2 aromatic carbocycles. The number of nitrogens with zero attached hydrogens (tertiary/aromatic N) is 1. The van der Waals surface area contributed by atoms with Gasteiger partial charge in [0.05, 0.1) is 6.54 Å². The highest BCUT2D eigenvalue weighted by atomic mass is 16.5. The van der Waals surface area contributed by atoms with Crippen molar-refractivity contribution in [2.45, 2.75) is 18.9 Å². The lowest BCUT2D eigenvalue weighted by molar-refractivity contribution is -0.122. The Kier molecular flexibility index (Phi) is 5.75. The Morgan fingerprint density at radius 3 is 2.38 bits per heavy atom. The first-order chi connectivity index (χ1) is 16.5. The Balaban J connectivity index is 1.08. The van der Waals surface area contributed by atoms with E-state index in [1.165, 1.54) is 11.1 Å². The van der Waals surface area contributed by atoms with Crippen molar-refractivity contribution in [3.8, 4) is 11.1 Å². The lowest BCUT2D eigenvalue weighted by Crippen LogP contribution is -2.30. The zero-order valence-electron chi connectivity index (χ0n) is 18.2. The molecule has 0 radical (unpaired) electrons. The number of carboxylic acid groups (broad SMARTS) is 1. The number of hydrogen-bond donors (Lipinski definition) is 3. The van der Waals surface area contributed by atoms with E-state index in [-0.39, 0.29) is 48.3 Å². The van der Waals surface area contributed by atoms with Crippen LogP contribution in [-0.2, 0) is 16.1 Å². The van der Waals surface area contributed by atoms with E-state index in [0.717, 1.165) is 17.5 Å². The van der Waals surface area contributed by atoms with E-state index in [1.54, 1.807) is 0 Å². The van der Waals surface area contributed by atoms with Crippen LogP contribution in [0, 0.1) is 11.8 Å². The Hall–Kier alpha value is -4.14. The number of hydrogen-bond acceptors (Lipinski definition) is 6. The second kappa shape index (κ2) is 9.01. The van der Waals surface area contributed by atoms with Gasteiger partial charge in [0.2, 0.25) is 5.91 Å². The molecule has 2 aliphatic rings. The molecule has 0 saturated heterocycles. The minimum Gasteiger partial charge on any atom is -0.476 e. The largest absolute Gasteiger partial charge is 0.476 e. The van der Waals surface area contributed by atoms with Crippen LogP contribution in [0.1, 0.15) is 39.7 Å². The Bertz CT molecular complexity index is 1210. The van der Waals surface area contributed by atoms with Gasteiger partial charge in [-0.05, 0) is 34.6 Å². The molecule has 1 fully saturated rings. The van der Waals surface area contributed by atoms with Crippen molar-refractivity contribution in [1.82, 2.24) is 15.6 Å². The molecular formula is C25H23N3O6. The monoisotopic (exact) mass is 461 g/mol. The van der Waals surface area contributed by atoms with Gasteiger partial charge in [0.1, 0.15) is 6.61 Å². The third-order valence-electron chi connectivity index (χ3n) is 6.38. The molecule has 0 spiro atoms. The van der Waals surface area contributed by atoms with Crippen molar-refractivity contribution in [3.05, 3.63) is 77.5 Å². The second-order valence-corrected chi connectivity index (χ2v) is 8.46. The van der Waals surface area contributed by atoms with Gasteiger partial charge in [-0.2, -0.15) is 0 Å². The topological polar surface area (TPSA) is 131 Å². The fourth-order valence-electron chi connectivity index (χ4n) is 4.53. The van der Waals surface area contributed by atoms with Gasteiger partial charge in [-0.15, -0.1) is 0 Å². The zero-order chi connectivity index (χ0) is 23.7. The first kappa shape index (κ1) is 21.7. The summed E-state index contributed by atoms with van der Waals surface area (Å²) in [5.74, 6) is -1.58. The number of ether oxygens (including phenoxy) is 1. The summed E-state index contributed by atoms with van der Waals surface area (Å²) in [6.07, 6.45) is 1.15. The number of nitrogens with one attached hydrogen (secondary N) is 2. The van der Waals surface area contributed by atoms with Gasteiger partial charge in [-0.3, -0.25) is 4.79 Å². The van der Waals surface area contributed by atoms with Gasteiger partial charge in [-0.1, -0.05) is 48.5 Å². The SMILES string of the molecule is O=C(NC[C@@H]1C[C@@H]1C(=O)NCc1ocnc1C(=O)O)OCC1c2ccccc2-c2ccccc21. The lowest BCUT2D eigenvalue weighted by Gasteiger charge is -2.14. The van der Waals surface area contributed by atoms with Gasteiger partial charge >= 0.3 is 12.1 Å². The van der Waals surface area contributed by atoms with Crippen LogP contribution in [0.15, 0.2) is 59.3 Å². The molecular weight excluding hydrogens is 438 g/mol. The average molecular weight is 461 g/mol. The standard InChI is InChI=1S/C25H23N3O6/c29-23(26-11-21-22(24(30)31)28-13-34-21)19-9-14(19)10-27-25(32)33-12-20-17-7-3-1-5-15(17)16-6-2-4-8-18(16)20/h1-8,13-14,19-20H,9-12H2,(H,26,29)(H,27,32)(H,30,31)/t14-,19-/m0/s1. The number of benzene rings is 2. The van der Waals surface area contributed by atoms with Crippen LogP contribution in [-0.4, -0.2) is 41.2 Å². The van der Waals surface area contributed by atoms with E-state index < -0.39 is 12.1 Å². The molecule has 9 nitrogen and oxygen atoms in total. The number of alkyl carbamates (subject to hydrolysis) is 1. The van der Waals surface area contributed by atoms with Crippen LogP contribution in [0.3, 0.4) is 0 Å².